The Balaban J connectivity index is 2.23. The van der Waals surface area contributed by atoms with Gasteiger partial charge in [0, 0.05) is 24.0 Å². The Morgan fingerprint density at radius 1 is 0.793 bits per heavy atom. The largest absolute Gasteiger partial charge is 0.431 e. The summed E-state index contributed by atoms with van der Waals surface area (Å²) in [4.78, 5) is 23.5. The minimum atomic E-state index is -4.57. The van der Waals surface area contributed by atoms with Gasteiger partial charge in [0.05, 0.1) is 0 Å². The summed E-state index contributed by atoms with van der Waals surface area (Å²) in [5.74, 6) is -1.20. The summed E-state index contributed by atoms with van der Waals surface area (Å²) in [6, 6.07) is 16.6. The molecule has 0 saturated carbocycles. The lowest BCUT2D eigenvalue weighted by atomic mass is 10.2. The number of hydrogen-bond donors (Lipinski definition) is 0. The fraction of sp³-hybridized carbons (Fsp3) is 0.300. The second-order valence-electron chi connectivity index (χ2n) is 5.88. The lowest BCUT2D eigenvalue weighted by molar-refractivity contribution is -0.172. The maximum absolute atomic E-state index is 12.8. The molecule has 1 N–H and O–H groups in total. The van der Waals surface area contributed by atoms with Gasteiger partial charge in [-0.3, -0.25) is 9.59 Å². The number of ether oxygens (including phenoxy) is 2. The molecule has 0 aliphatic heterocycles. The van der Waals surface area contributed by atoms with Gasteiger partial charge in [-0.05, 0) is 0 Å². The van der Waals surface area contributed by atoms with Crippen LogP contribution in [0.2, 0.25) is 0 Å². The normalized spacial score (nSPS) is 15.0. The predicted octanol–water partition coefficient (Wildman–Crippen LogP) is 4.71. The molecule has 1 radical (unpaired) electrons. The van der Waals surface area contributed by atoms with Gasteiger partial charge in [-0.2, -0.15) is 0 Å². The Kier molecular flexibility index (Phi) is 8.54. The van der Waals surface area contributed by atoms with Crippen LogP contribution in [0.1, 0.15) is 50.4 Å². The Hall–Kier alpha value is -2.51. The standard InChI is InChI=1S/C20H23NO7P/c1-3-17(22)25-19(15-11-7-5-8-12-15)27-29(21,24)28-20(26-18(23)4-2)16-13-9-6-10-14-16/h5-14,19-21H,3-4H2,1-2H3. The van der Waals surface area contributed by atoms with Crippen LogP contribution in [0, 0.1) is 0 Å². The fourth-order valence-electron chi connectivity index (χ4n) is 2.20. The predicted molar refractivity (Wildman–Crippen MR) is 104 cm³/mol. The summed E-state index contributed by atoms with van der Waals surface area (Å²) >= 11 is 0. The number of carbonyl (C=O) groups excluding carboxylic acids is 2. The maximum Gasteiger partial charge on any atom is 0.426 e. The highest BCUT2D eigenvalue weighted by Gasteiger charge is 2.34. The minimum Gasteiger partial charge on any atom is -0.431 e. The zero-order valence-corrected chi connectivity index (χ0v) is 17.0. The molecule has 2 aromatic carbocycles. The van der Waals surface area contributed by atoms with Crippen molar-refractivity contribution in [3.05, 3.63) is 71.8 Å². The zero-order valence-electron chi connectivity index (χ0n) is 16.1. The third-order valence-electron chi connectivity index (χ3n) is 3.67. The van der Waals surface area contributed by atoms with Crippen molar-refractivity contribution in [3.63, 3.8) is 0 Å². The highest BCUT2D eigenvalue weighted by atomic mass is 31.2. The van der Waals surface area contributed by atoms with Gasteiger partial charge < -0.3 is 9.47 Å². The Labute approximate surface area is 169 Å². The van der Waals surface area contributed by atoms with Gasteiger partial charge >= 0.3 is 19.7 Å². The molecule has 0 aliphatic carbocycles. The third kappa shape index (κ3) is 7.44. The molecule has 2 atom stereocenters. The molecule has 0 amide bonds. The molecule has 2 rings (SSSR count). The number of nitrogens with one attached hydrogen (secondary N) is 1. The molecule has 9 heteroatoms. The average molecular weight is 420 g/mol. The number of carbonyl (C=O) groups is 2. The van der Waals surface area contributed by atoms with E-state index in [1.807, 2.05) is 0 Å². The van der Waals surface area contributed by atoms with E-state index in [-0.39, 0.29) is 12.8 Å². The summed E-state index contributed by atoms with van der Waals surface area (Å²) in [7, 11) is -4.57. The number of rotatable bonds is 10. The van der Waals surface area contributed by atoms with Crippen LogP contribution >= 0.6 is 7.75 Å². The number of benzene rings is 2. The topological polar surface area (TPSA) is 112 Å². The minimum absolute atomic E-state index is 0.0661. The van der Waals surface area contributed by atoms with Crippen molar-refractivity contribution in [1.82, 2.24) is 5.50 Å². The first-order valence-corrected chi connectivity index (χ1v) is 10.6. The smallest absolute Gasteiger partial charge is 0.426 e. The maximum atomic E-state index is 12.8. The van der Waals surface area contributed by atoms with Crippen molar-refractivity contribution in [2.45, 2.75) is 39.3 Å². The summed E-state index contributed by atoms with van der Waals surface area (Å²) < 4.78 is 33.6. The van der Waals surface area contributed by atoms with Crippen molar-refractivity contribution in [1.29, 1.82) is 0 Å². The first-order valence-electron chi connectivity index (χ1n) is 9.05. The first-order chi connectivity index (χ1) is 13.8. The first kappa shape index (κ1) is 22.8. The molecule has 2 unspecified atom stereocenters. The summed E-state index contributed by atoms with van der Waals surface area (Å²) in [5, 5.41) is 0. The van der Waals surface area contributed by atoms with E-state index < -0.39 is 32.3 Å². The zero-order chi connectivity index (χ0) is 21.3. The van der Waals surface area contributed by atoms with E-state index in [4.69, 9.17) is 24.0 Å². The Morgan fingerprint density at radius 3 is 1.45 bits per heavy atom. The van der Waals surface area contributed by atoms with Gasteiger partial charge in [-0.25, -0.2) is 13.6 Å². The van der Waals surface area contributed by atoms with Crippen LogP contribution in [0.25, 0.3) is 0 Å². The molecule has 0 saturated heterocycles. The van der Waals surface area contributed by atoms with Crippen LogP contribution in [-0.4, -0.2) is 11.9 Å². The van der Waals surface area contributed by atoms with Crippen LogP contribution < -0.4 is 5.50 Å². The van der Waals surface area contributed by atoms with E-state index in [2.05, 4.69) is 0 Å². The fourth-order valence-corrected chi connectivity index (χ4v) is 3.09. The molecule has 155 valence electrons. The molecule has 0 heterocycles. The average Bonchev–Trinajstić information content (AvgIpc) is 2.73. The highest BCUT2D eigenvalue weighted by Crippen LogP contribution is 2.51. The Bertz CT molecular complexity index is 777. The summed E-state index contributed by atoms with van der Waals surface area (Å²) in [5.41, 5.74) is 8.78. The van der Waals surface area contributed by atoms with E-state index in [0.717, 1.165) is 0 Å². The molecule has 0 fully saturated rings. The second kappa shape index (κ2) is 10.9. The van der Waals surface area contributed by atoms with Gasteiger partial charge in [0.2, 0.25) is 12.6 Å². The van der Waals surface area contributed by atoms with Crippen molar-refractivity contribution in [3.8, 4) is 0 Å². The highest BCUT2D eigenvalue weighted by molar-refractivity contribution is 7.50. The van der Waals surface area contributed by atoms with Crippen molar-refractivity contribution < 1.29 is 32.7 Å². The van der Waals surface area contributed by atoms with Crippen molar-refractivity contribution >= 4 is 19.7 Å². The van der Waals surface area contributed by atoms with Gasteiger partial charge in [0.25, 0.3) is 0 Å². The second-order valence-corrected chi connectivity index (χ2v) is 7.30. The van der Waals surface area contributed by atoms with E-state index in [0.29, 0.717) is 11.1 Å². The van der Waals surface area contributed by atoms with Gasteiger partial charge in [-0.1, -0.05) is 74.5 Å². The van der Waals surface area contributed by atoms with Gasteiger partial charge in [0.15, 0.2) is 0 Å². The molecule has 2 aromatic rings. The van der Waals surface area contributed by atoms with Crippen LogP contribution in [0.5, 0.6) is 0 Å². The van der Waals surface area contributed by atoms with Crippen LogP contribution in [0.4, 0.5) is 0 Å². The summed E-state index contributed by atoms with van der Waals surface area (Å²) in [6.45, 7) is 3.19. The molecule has 0 aromatic heterocycles. The van der Waals surface area contributed by atoms with Crippen LogP contribution in [-0.2, 0) is 32.7 Å². The quantitative estimate of drug-likeness (QED) is 0.311. The summed E-state index contributed by atoms with van der Waals surface area (Å²) in [6.07, 6.45) is -2.69. The number of esters is 2. The van der Waals surface area contributed by atoms with E-state index in [1.165, 1.54) is 0 Å². The molecular formula is C20H23NO7P. The number of hydrogen-bond acceptors (Lipinski definition) is 7. The van der Waals surface area contributed by atoms with E-state index in [9.17, 15) is 14.2 Å². The van der Waals surface area contributed by atoms with Crippen molar-refractivity contribution in [2.24, 2.45) is 0 Å². The lowest BCUT2D eigenvalue weighted by Gasteiger charge is -2.25. The molecule has 0 aliphatic rings. The molecule has 8 nitrogen and oxygen atoms in total. The van der Waals surface area contributed by atoms with Crippen LogP contribution in [0.15, 0.2) is 60.7 Å². The third-order valence-corrected chi connectivity index (χ3v) is 4.60. The SMILES string of the molecule is CCC(=O)OC(OP([NH])(=O)OC(OC(=O)CC)c1ccccc1)c1ccccc1. The van der Waals surface area contributed by atoms with E-state index in [1.54, 1.807) is 74.5 Å². The van der Waals surface area contributed by atoms with Gasteiger partial charge in [0.1, 0.15) is 0 Å². The van der Waals surface area contributed by atoms with Gasteiger partial charge in [-0.15, -0.1) is 5.50 Å². The molecule has 29 heavy (non-hydrogen) atoms. The van der Waals surface area contributed by atoms with Crippen molar-refractivity contribution in [2.75, 3.05) is 0 Å². The molecule has 0 bridgehead atoms. The van der Waals surface area contributed by atoms with Crippen LogP contribution in [0.3, 0.4) is 0 Å². The monoisotopic (exact) mass is 420 g/mol. The molecule has 0 spiro atoms. The lowest BCUT2D eigenvalue weighted by Crippen LogP contribution is -2.17. The molecular weight excluding hydrogens is 397 g/mol. The van der Waals surface area contributed by atoms with E-state index >= 15 is 0 Å². The Morgan fingerprint density at radius 2 is 1.14 bits per heavy atom.